The highest BCUT2D eigenvalue weighted by Gasteiger charge is 2.30. The quantitative estimate of drug-likeness (QED) is 0.684. The van der Waals surface area contributed by atoms with Gasteiger partial charge in [-0.15, -0.1) is 0 Å². The minimum atomic E-state index is -0.520. The normalized spacial score (nSPS) is 16.4. The summed E-state index contributed by atoms with van der Waals surface area (Å²) >= 11 is 0. The highest BCUT2D eigenvalue weighted by Crippen LogP contribution is 2.29. The standard InChI is InChI=1S/C24H33N3O5/c1-24(2,3)32-23(29)25-17-11-13-27(14-12-17)15-19(22(28)31-5)18-8-6-7-16-9-10-20(30-4)26-21(16)18/h6-10,17,19H,11-15H2,1-5H3,(H,25,29). The Morgan fingerprint density at radius 3 is 2.50 bits per heavy atom. The lowest BCUT2D eigenvalue weighted by Gasteiger charge is -2.34. The van der Waals surface area contributed by atoms with Crippen molar-refractivity contribution in [2.75, 3.05) is 33.9 Å². The lowest BCUT2D eigenvalue weighted by molar-refractivity contribution is -0.143. The van der Waals surface area contributed by atoms with E-state index in [-0.39, 0.29) is 18.1 Å². The van der Waals surface area contributed by atoms with Crippen LogP contribution in [-0.2, 0) is 14.3 Å². The molecule has 1 amide bonds. The smallest absolute Gasteiger partial charge is 0.407 e. The summed E-state index contributed by atoms with van der Waals surface area (Å²) in [5.74, 6) is -0.266. The van der Waals surface area contributed by atoms with Gasteiger partial charge in [0.05, 0.1) is 25.7 Å². The Bertz CT molecular complexity index is 948. The van der Waals surface area contributed by atoms with Crippen LogP contribution in [0.3, 0.4) is 0 Å². The molecule has 32 heavy (non-hydrogen) atoms. The van der Waals surface area contributed by atoms with E-state index in [1.165, 1.54) is 7.11 Å². The van der Waals surface area contributed by atoms with E-state index in [4.69, 9.17) is 14.2 Å². The molecule has 8 heteroatoms. The molecule has 0 radical (unpaired) electrons. The third-order valence-electron chi connectivity index (χ3n) is 5.55. The number of hydrogen-bond acceptors (Lipinski definition) is 7. The summed E-state index contributed by atoms with van der Waals surface area (Å²) in [5.41, 5.74) is 1.04. The van der Waals surface area contributed by atoms with Crippen LogP contribution >= 0.6 is 0 Å². The number of methoxy groups -OCH3 is 2. The number of rotatable bonds is 6. The van der Waals surface area contributed by atoms with Crippen LogP contribution in [0.5, 0.6) is 5.88 Å². The van der Waals surface area contributed by atoms with Crippen LogP contribution in [0.1, 0.15) is 45.1 Å². The summed E-state index contributed by atoms with van der Waals surface area (Å²) in [6.45, 7) is 7.58. The first-order valence-corrected chi connectivity index (χ1v) is 10.9. The number of alkyl carbamates (subject to hydrolysis) is 1. The molecule has 1 aliphatic rings. The molecule has 1 atom stereocenters. The summed E-state index contributed by atoms with van der Waals surface area (Å²) in [6.07, 6.45) is 1.18. The molecule has 8 nitrogen and oxygen atoms in total. The average molecular weight is 444 g/mol. The van der Waals surface area contributed by atoms with Crippen LogP contribution in [0.4, 0.5) is 4.79 Å². The topological polar surface area (TPSA) is 90.0 Å². The van der Waals surface area contributed by atoms with Gasteiger partial charge in [0.1, 0.15) is 5.60 Å². The second-order valence-electron chi connectivity index (χ2n) is 9.07. The Morgan fingerprint density at radius 2 is 1.88 bits per heavy atom. The van der Waals surface area contributed by atoms with Gasteiger partial charge >= 0.3 is 12.1 Å². The number of aromatic nitrogens is 1. The first kappa shape index (κ1) is 23.8. The van der Waals surface area contributed by atoms with Crippen LogP contribution in [0, 0.1) is 0 Å². The summed E-state index contributed by atoms with van der Waals surface area (Å²) < 4.78 is 15.8. The van der Waals surface area contributed by atoms with Crippen LogP contribution < -0.4 is 10.1 Å². The zero-order valence-corrected chi connectivity index (χ0v) is 19.5. The largest absolute Gasteiger partial charge is 0.481 e. The third kappa shape index (κ3) is 6.09. The van der Waals surface area contributed by atoms with Crippen molar-refractivity contribution < 1.29 is 23.8 Å². The fourth-order valence-corrected chi connectivity index (χ4v) is 3.98. The lowest BCUT2D eigenvalue weighted by atomic mass is 9.94. The summed E-state index contributed by atoms with van der Waals surface area (Å²) in [5, 5.41) is 3.89. The number of nitrogens with one attached hydrogen (secondary N) is 1. The van der Waals surface area contributed by atoms with Crippen LogP contribution in [0.2, 0.25) is 0 Å². The van der Waals surface area contributed by atoms with Gasteiger partial charge in [-0.3, -0.25) is 4.79 Å². The summed E-state index contributed by atoms with van der Waals surface area (Å²) in [7, 11) is 2.98. The van der Waals surface area contributed by atoms with Gasteiger partial charge in [-0.1, -0.05) is 18.2 Å². The molecule has 0 aliphatic carbocycles. The van der Waals surface area contributed by atoms with Gasteiger partial charge < -0.3 is 24.4 Å². The first-order valence-electron chi connectivity index (χ1n) is 10.9. The number of hydrogen-bond donors (Lipinski definition) is 1. The molecule has 0 spiro atoms. The third-order valence-corrected chi connectivity index (χ3v) is 5.55. The maximum absolute atomic E-state index is 12.7. The molecule has 1 fully saturated rings. The molecule has 2 heterocycles. The van der Waals surface area contributed by atoms with Crippen molar-refractivity contribution in [3.8, 4) is 5.88 Å². The van der Waals surface area contributed by atoms with Gasteiger partial charge in [0.25, 0.3) is 0 Å². The van der Waals surface area contributed by atoms with Gasteiger partial charge in [-0.05, 0) is 45.2 Å². The second kappa shape index (κ2) is 10.2. The highest BCUT2D eigenvalue weighted by molar-refractivity contribution is 5.89. The van der Waals surface area contributed by atoms with Crippen LogP contribution in [-0.4, -0.2) is 67.4 Å². The molecule has 1 N–H and O–H groups in total. The second-order valence-corrected chi connectivity index (χ2v) is 9.07. The Kier molecular flexibility index (Phi) is 7.56. The number of piperidine rings is 1. The number of esters is 1. The van der Waals surface area contributed by atoms with Crippen molar-refractivity contribution in [3.05, 3.63) is 35.9 Å². The molecule has 1 saturated heterocycles. The van der Waals surface area contributed by atoms with E-state index in [0.29, 0.717) is 12.4 Å². The monoisotopic (exact) mass is 443 g/mol. The molecule has 3 rings (SSSR count). The van der Waals surface area contributed by atoms with E-state index in [0.717, 1.165) is 42.4 Å². The molecule has 1 aromatic heterocycles. The minimum Gasteiger partial charge on any atom is -0.481 e. The van der Waals surface area contributed by atoms with Crippen LogP contribution in [0.15, 0.2) is 30.3 Å². The minimum absolute atomic E-state index is 0.0566. The maximum Gasteiger partial charge on any atom is 0.407 e. The van der Waals surface area contributed by atoms with E-state index in [1.54, 1.807) is 7.11 Å². The molecule has 1 aromatic carbocycles. The van der Waals surface area contributed by atoms with Crippen molar-refractivity contribution in [2.45, 2.75) is 51.2 Å². The van der Waals surface area contributed by atoms with Gasteiger partial charge in [0.2, 0.25) is 5.88 Å². The van der Waals surface area contributed by atoms with Gasteiger partial charge in [0, 0.05) is 37.1 Å². The number of nitrogens with zero attached hydrogens (tertiary/aromatic N) is 2. The Balaban J connectivity index is 1.70. The molecular formula is C24H33N3O5. The fraction of sp³-hybridized carbons (Fsp3) is 0.542. The Labute approximate surface area is 189 Å². The number of carbonyl (C=O) groups excluding carboxylic acids is 2. The van der Waals surface area contributed by atoms with Crippen molar-refractivity contribution in [1.29, 1.82) is 0 Å². The maximum atomic E-state index is 12.7. The van der Waals surface area contributed by atoms with E-state index < -0.39 is 11.5 Å². The molecule has 0 saturated carbocycles. The number of likely N-dealkylation sites (tertiary alicyclic amines) is 1. The number of amides is 1. The van der Waals surface area contributed by atoms with Crippen LogP contribution in [0.25, 0.3) is 10.9 Å². The molecule has 174 valence electrons. The van der Waals surface area contributed by atoms with E-state index in [9.17, 15) is 9.59 Å². The summed E-state index contributed by atoms with van der Waals surface area (Å²) in [6, 6.07) is 9.62. The average Bonchev–Trinajstić information content (AvgIpc) is 2.76. The van der Waals surface area contributed by atoms with Crippen molar-refractivity contribution >= 4 is 23.0 Å². The predicted molar refractivity (Wildman–Crippen MR) is 122 cm³/mol. The number of fused-ring (bicyclic) bond motifs is 1. The lowest BCUT2D eigenvalue weighted by Crippen LogP contribution is -2.47. The molecule has 1 unspecified atom stereocenters. The number of ether oxygens (including phenoxy) is 3. The van der Waals surface area contributed by atoms with Crippen molar-refractivity contribution in [1.82, 2.24) is 15.2 Å². The number of benzene rings is 1. The number of para-hydroxylation sites is 1. The predicted octanol–water partition coefficient (Wildman–Crippen LogP) is 3.49. The fourth-order valence-electron chi connectivity index (χ4n) is 3.98. The van der Waals surface area contributed by atoms with Gasteiger partial charge in [0.15, 0.2) is 0 Å². The molecule has 1 aliphatic heterocycles. The molecule has 0 bridgehead atoms. The van der Waals surface area contributed by atoms with E-state index in [1.807, 2.05) is 51.1 Å². The first-order chi connectivity index (χ1) is 15.2. The highest BCUT2D eigenvalue weighted by atomic mass is 16.6. The molecule has 2 aromatic rings. The van der Waals surface area contributed by atoms with Crippen molar-refractivity contribution in [3.63, 3.8) is 0 Å². The zero-order valence-electron chi connectivity index (χ0n) is 19.5. The zero-order chi connectivity index (χ0) is 23.3. The summed E-state index contributed by atoms with van der Waals surface area (Å²) in [4.78, 5) is 31.6. The SMILES string of the molecule is COC(=O)C(CN1CCC(NC(=O)OC(C)(C)C)CC1)c1cccc2ccc(OC)nc12. The van der Waals surface area contributed by atoms with Crippen molar-refractivity contribution in [2.24, 2.45) is 0 Å². The Morgan fingerprint density at radius 1 is 1.16 bits per heavy atom. The number of carbonyl (C=O) groups is 2. The van der Waals surface area contributed by atoms with E-state index >= 15 is 0 Å². The molecular weight excluding hydrogens is 410 g/mol. The number of pyridine rings is 1. The van der Waals surface area contributed by atoms with Gasteiger partial charge in [-0.2, -0.15) is 0 Å². The van der Waals surface area contributed by atoms with Gasteiger partial charge in [-0.25, -0.2) is 9.78 Å². The Hall–Kier alpha value is -2.87. The van der Waals surface area contributed by atoms with E-state index in [2.05, 4.69) is 15.2 Å².